The molecule has 0 bridgehead atoms. The van der Waals surface area contributed by atoms with Crippen LogP contribution in [-0.4, -0.2) is 31.8 Å². The largest absolute Gasteiger partial charge is 0.383 e. The van der Waals surface area contributed by atoms with Crippen molar-refractivity contribution in [2.24, 2.45) is 5.84 Å². The summed E-state index contributed by atoms with van der Waals surface area (Å²) in [5.74, 6) is 5.45. The molecule has 10 heavy (non-hydrogen) atoms. The molecule has 2 N–H and O–H groups in total. The van der Waals surface area contributed by atoms with E-state index in [1.165, 1.54) is 0 Å². The summed E-state index contributed by atoms with van der Waals surface area (Å²) in [7, 11) is 1.62. The van der Waals surface area contributed by atoms with Crippen molar-refractivity contribution < 1.29 is 4.74 Å². The van der Waals surface area contributed by atoms with Crippen LogP contribution in [0, 0.1) is 11.3 Å². The van der Waals surface area contributed by atoms with E-state index in [0.717, 1.165) is 0 Å². The molecule has 4 heteroatoms. The van der Waals surface area contributed by atoms with Gasteiger partial charge in [-0.3, -0.25) is 5.84 Å². The molecule has 0 spiro atoms. The first kappa shape index (κ1) is 9.37. The maximum atomic E-state index is 8.18. The van der Waals surface area contributed by atoms with Crippen LogP contribution in [0.4, 0.5) is 0 Å². The van der Waals surface area contributed by atoms with Gasteiger partial charge in [-0.05, 0) is 0 Å². The van der Waals surface area contributed by atoms with E-state index in [2.05, 4.69) is 0 Å². The van der Waals surface area contributed by atoms with Gasteiger partial charge in [-0.15, -0.1) is 0 Å². The molecule has 0 aromatic rings. The fourth-order valence-corrected chi connectivity index (χ4v) is 0.514. The highest BCUT2D eigenvalue weighted by molar-refractivity contribution is 4.69. The molecule has 0 radical (unpaired) electrons. The molecule has 0 unspecified atom stereocenters. The average Bonchev–Trinajstić information content (AvgIpc) is 1.97. The first-order valence-electron chi connectivity index (χ1n) is 3.16. The Bertz CT molecular complexity index is 110. The third-order valence-electron chi connectivity index (χ3n) is 1.09. The fourth-order valence-electron chi connectivity index (χ4n) is 0.514. The van der Waals surface area contributed by atoms with E-state index in [4.69, 9.17) is 15.8 Å². The minimum absolute atomic E-state index is 0.472. The maximum absolute atomic E-state index is 8.18. The smallest absolute Gasteiger partial charge is 0.0635 e. The molecule has 0 saturated carbocycles. The Labute approximate surface area is 61.1 Å². The number of nitrogens with two attached hydrogens (primary N) is 1. The minimum Gasteiger partial charge on any atom is -0.383 e. The standard InChI is InChI=1S/C6H13N3O/c1-10-6-5-9(8)4-2-3-7/h2,4-6,8H2,1H3. The lowest BCUT2D eigenvalue weighted by Crippen LogP contribution is -2.34. The van der Waals surface area contributed by atoms with Crippen LogP contribution in [0.3, 0.4) is 0 Å². The summed E-state index contributed by atoms with van der Waals surface area (Å²) in [5.41, 5.74) is 0. The number of nitriles is 1. The highest BCUT2D eigenvalue weighted by atomic mass is 16.5. The molecule has 0 aliphatic heterocycles. The third kappa shape index (κ3) is 5.51. The molecule has 0 saturated heterocycles. The van der Waals surface area contributed by atoms with Crippen molar-refractivity contribution in [2.75, 3.05) is 26.8 Å². The molecule has 58 valence electrons. The lowest BCUT2D eigenvalue weighted by molar-refractivity contribution is 0.150. The zero-order valence-electron chi connectivity index (χ0n) is 6.21. The zero-order chi connectivity index (χ0) is 7.82. The number of hydrazine groups is 1. The lowest BCUT2D eigenvalue weighted by Gasteiger charge is -2.12. The molecule has 0 atom stereocenters. The van der Waals surface area contributed by atoms with Crippen LogP contribution in [0.15, 0.2) is 0 Å². The number of ether oxygens (including phenoxy) is 1. The predicted octanol–water partition coefficient (Wildman–Crippen LogP) is -0.278. The normalized spacial score (nSPS) is 9.80. The van der Waals surface area contributed by atoms with Crippen LogP contribution in [0.1, 0.15) is 6.42 Å². The fraction of sp³-hybridized carbons (Fsp3) is 0.833. The molecule has 0 heterocycles. The predicted molar refractivity (Wildman–Crippen MR) is 37.9 cm³/mol. The number of methoxy groups -OCH3 is 1. The van der Waals surface area contributed by atoms with Crippen LogP contribution in [0.2, 0.25) is 0 Å². The van der Waals surface area contributed by atoms with Crippen molar-refractivity contribution in [3.05, 3.63) is 0 Å². The Morgan fingerprint density at radius 1 is 1.60 bits per heavy atom. The van der Waals surface area contributed by atoms with E-state index in [0.29, 0.717) is 26.1 Å². The number of hydrogen-bond donors (Lipinski definition) is 1. The van der Waals surface area contributed by atoms with Crippen molar-refractivity contribution in [3.8, 4) is 6.07 Å². The lowest BCUT2D eigenvalue weighted by atomic mass is 10.4. The van der Waals surface area contributed by atoms with Crippen molar-refractivity contribution in [2.45, 2.75) is 6.42 Å². The van der Waals surface area contributed by atoms with Gasteiger partial charge in [0.15, 0.2) is 0 Å². The summed E-state index contributed by atoms with van der Waals surface area (Å²) in [6.45, 7) is 1.90. The van der Waals surface area contributed by atoms with E-state index in [1.807, 2.05) is 6.07 Å². The molecule has 0 fully saturated rings. The Kier molecular flexibility index (Phi) is 6.08. The molecule has 0 aliphatic carbocycles. The van der Waals surface area contributed by atoms with Crippen molar-refractivity contribution in [1.82, 2.24) is 5.01 Å². The van der Waals surface area contributed by atoms with E-state index in [1.54, 1.807) is 12.1 Å². The topological polar surface area (TPSA) is 62.3 Å². The van der Waals surface area contributed by atoms with Gasteiger partial charge in [-0.25, -0.2) is 5.01 Å². The van der Waals surface area contributed by atoms with Gasteiger partial charge in [0, 0.05) is 26.6 Å². The number of nitrogens with zero attached hydrogens (tertiary/aromatic N) is 2. The average molecular weight is 143 g/mol. The van der Waals surface area contributed by atoms with Gasteiger partial charge in [-0.1, -0.05) is 0 Å². The van der Waals surface area contributed by atoms with Crippen LogP contribution >= 0.6 is 0 Å². The Hall–Kier alpha value is -0.630. The molecule has 4 nitrogen and oxygen atoms in total. The Morgan fingerprint density at radius 3 is 2.80 bits per heavy atom. The van der Waals surface area contributed by atoms with Gasteiger partial charge in [0.05, 0.1) is 12.7 Å². The van der Waals surface area contributed by atoms with E-state index < -0.39 is 0 Å². The van der Waals surface area contributed by atoms with Crippen molar-refractivity contribution >= 4 is 0 Å². The van der Waals surface area contributed by atoms with Crippen LogP contribution in [0.25, 0.3) is 0 Å². The van der Waals surface area contributed by atoms with E-state index in [9.17, 15) is 0 Å². The second-order valence-corrected chi connectivity index (χ2v) is 1.94. The second-order valence-electron chi connectivity index (χ2n) is 1.94. The Morgan fingerprint density at radius 2 is 2.30 bits per heavy atom. The summed E-state index contributed by atoms with van der Waals surface area (Å²) in [6.07, 6.45) is 0.472. The summed E-state index contributed by atoms with van der Waals surface area (Å²) in [6, 6.07) is 2.01. The summed E-state index contributed by atoms with van der Waals surface area (Å²) < 4.78 is 4.79. The molecular formula is C6H13N3O. The summed E-state index contributed by atoms with van der Waals surface area (Å²) in [4.78, 5) is 0. The third-order valence-corrected chi connectivity index (χ3v) is 1.09. The zero-order valence-corrected chi connectivity index (χ0v) is 6.21. The van der Waals surface area contributed by atoms with Crippen LogP contribution < -0.4 is 5.84 Å². The quantitative estimate of drug-likeness (QED) is 0.425. The van der Waals surface area contributed by atoms with Crippen molar-refractivity contribution in [3.63, 3.8) is 0 Å². The van der Waals surface area contributed by atoms with Gasteiger partial charge < -0.3 is 4.74 Å². The number of hydrogen-bond acceptors (Lipinski definition) is 4. The molecular weight excluding hydrogens is 130 g/mol. The first-order chi connectivity index (χ1) is 4.81. The van der Waals surface area contributed by atoms with Gasteiger partial charge in [0.2, 0.25) is 0 Å². The van der Waals surface area contributed by atoms with Gasteiger partial charge in [0.1, 0.15) is 0 Å². The molecule has 0 rings (SSSR count). The second kappa shape index (κ2) is 6.49. The van der Waals surface area contributed by atoms with Crippen LogP contribution in [-0.2, 0) is 4.74 Å². The number of rotatable bonds is 5. The van der Waals surface area contributed by atoms with E-state index >= 15 is 0 Å². The van der Waals surface area contributed by atoms with Crippen molar-refractivity contribution in [1.29, 1.82) is 5.26 Å². The molecule has 0 aromatic carbocycles. The SMILES string of the molecule is COCCN(N)CCC#N. The van der Waals surface area contributed by atoms with Crippen LogP contribution in [0.5, 0.6) is 0 Å². The highest BCUT2D eigenvalue weighted by Gasteiger charge is 1.95. The monoisotopic (exact) mass is 143 g/mol. The van der Waals surface area contributed by atoms with Gasteiger partial charge in [-0.2, -0.15) is 5.26 Å². The Balaban J connectivity index is 3.10. The molecule has 0 amide bonds. The molecule has 0 aliphatic rings. The summed E-state index contributed by atoms with van der Waals surface area (Å²) >= 11 is 0. The minimum atomic E-state index is 0.472. The van der Waals surface area contributed by atoms with E-state index in [-0.39, 0.29) is 0 Å². The van der Waals surface area contributed by atoms with Gasteiger partial charge >= 0.3 is 0 Å². The maximum Gasteiger partial charge on any atom is 0.0635 e. The highest BCUT2D eigenvalue weighted by Crippen LogP contribution is 1.81. The first-order valence-corrected chi connectivity index (χ1v) is 3.16. The summed E-state index contributed by atoms with van der Waals surface area (Å²) in [5, 5.41) is 9.75. The molecule has 0 aromatic heterocycles. The van der Waals surface area contributed by atoms with Gasteiger partial charge in [0.25, 0.3) is 0 Å².